The Balaban J connectivity index is 2.07. The highest BCUT2D eigenvalue weighted by Gasteiger charge is 2.25. The highest BCUT2D eigenvalue weighted by molar-refractivity contribution is 5.76. The molecule has 1 saturated carbocycles. The maximum atomic E-state index is 11.2. The molecule has 1 unspecified atom stereocenters. The molecular weight excluding hydrogens is 202 g/mol. The van der Waals surface area contributed by atoms with Crippen molar-refractivity contribution >= 4 is 5.97 Å². The van der Waals surface area contributed by atoms with E-state index in [0.29, 0.717) is 12.6 Å². The molecule has 0 spiro atoms. The standard InChI is InChI=1S/C13H17NO2/c1-9-3-2-4-10(7-9)12(13(15)16)8-14-11-5-6-11/h2-4,7,11-12,14H,5-6,8H2,1H3,(H,15,16). The van der Waals surface area contributed by atoms with Crippen LogP contribution in [0.4, 0.5) is 0 Å². The first-order chi connectivity index (χ1) is 7.66. The number of rotatable bonds is 5. The second-order valence-electron chi connectivity index (χ2n) is 4.49. The second kappa shape index (κ2) is 4.66. The number of hydrogen-bond donors (Lipinski definition) is 2. The first kappa shape index (κ1) is 11.1. The van der Waals surface area contributed by atoms with E-state index in [1.54, 1.807) is 0 Å². The smallest absolute Gasteiger partial charge is 0.312 e. The van der Waals surface area contributed by atoms with Gasteiger partial charge in [0.25, 0.3) is 0 Å². The summed E-state index contributed by atoms with van der Waals surface area (Å²) in [7, 11) is 0. The summed E-state index contributed by atoms with van der Waals surface area (Å²) < 4.78 is 0. The van der Waals surface area contributed by atoms with Crippen LogP contribution in [-0.4, -0.2) is 23.7 Å². The fraction of sp³-hybridized carbons (Fsp3) is 0.462. The van der Waals surface area contributed by atoms with Gasteiger partial charge in [-0.2, -0.15) is 0 Å². The quantitative estimate of drug-likeness (QED) is 0.795. The van der Waals surface area contributed by atoms with Crippen LogP contribution in [0.1, 0.15) is 29.9 Å². The van der Waals surface area contributed by atoms with Gasteiger partial charge in [0, 0.05) is 12.6 Å². The van der Waals surface area contributed by atoms with Crippen molar-refractivity contribution in [3.63, 3.8) is 0 Å². The summed E-state index contributed by atoms with van der Waals surface area (Å²) in [5.74, 6) is -1.18. The van der Waals surface area contributed by atoms with Crippen molar-refractivity contribution < 1.29 is 9.90 Å². The highest BCUT2D eigenvalue weighted by atomic mass is 16.4. The van der Waals surface area contributed by atoms with Gasteiger partial charge >= 0.3 is 5.97 Å². The molecular formula is C13H17NO2. The zero-order valence-electron chi connectivity index (χ0n) is 9.44. The van der Waals surface area contributed by atoms with Gasteiger partial charge in [0.1, 0.15) is 0 Å². The van der Waals surface area contributed by atoms with Crippen molar-refractivity contribution in [3.05, 3.63) is 35.4 Å². The Kier molecular flexibility index (Phi) is 3.25. The van der Waals surface area contributed by atoms with Gasteiger partial charge in [0.15, 0.2) is 0 Å². The summed E-state index contributed by atoms with van der Waals surface area (Å²) in [4.78, 5) is 11.2. The average Bonchev–Trinajstić information content (AvgIpc) is 3.01. The minimum Gasteiger partial charge on any atom is -0.481 e. The Morgan fingerprint density at radius 2 is 2.31 bits per heavy atom. The maximum absolute atomic E-state index is 11.2. The van der Waals surface area contributed by atoms with Crippen molar-refractivity contribution in [1.82, 2.24) is 5.32 Å². The molecule has 1 fully saturated rings. The molecule has 0 radical (unpaired) electrons. The molecule has 0 saturated heterocycles. The Morgan fingerprint density at radius 1 is 1.56 bits per heavy atom. The number of aryl methyl sites for hydroxylation is 1. The lowest BCUT2D eigenvalue weighted by Gasteiger charge is -2.14. The van der Waals surface area contributed by atoms with E-state index in [0.717, 1.165) is 11.1 Å². The molecule has 86 valence electrons. The molecule has 0 amide bonds. The fourth-order valence-corrected chi connectivity index (χ4v) is 1.81. The SMILES string of the molecule is Cc1cccc(C(CNC2CC2)C(=O)O)c1. The number of carboxylic acids is 1. The lowest BCUT2D eigenvalue weighted by Crippen LogP contribution is -2.28. The predicted molar refractivity (Wildman–Crippen MR) is 62.6 cm³/mol. The van der Waals surface area contributed by atoms with Crippen LogP contribution in [0, 0.1) is 6.92 Å². The largest absolute Gasteiger partial charge is 0.481 e. The zero-order chi connectivity index (χ0) is 11.5. The first-order valence-electron chi connectivity index (χ1n) is 5.69. The minimum atomic E-state index is -0.751. The van der Waals surface area contributed by atoms with E-state index in [1.807, 2.05) is 31.2 Å². The Bertz CT molecular complexity index is 385. The topological polar surface area (TPSA) is 49.3 Å². The summed E-state index contributed by atoms with van der Waals surface area (Å²) in [5, 5.41) is 12.5. The van der Waals surface area contributed by atoms with Crippen LogP contribution in [0.25, 0.3) is 0 Å². The molecule has 16 heavy (non-hydrogen) atoms. The summed E-state index contributed by atoms with van der Waals surface area (Å²) >= 11 is 0. The molecule has 1 aliphatic carbocycles. The summed E-state index contributed by atoms with van der Waals surface area (Å²) in [6.45, 7) is 2.51. The van der Waals surface area contributed by atoms with Gasteiger partial charge in [-0.15, -0.1) is 0 Å². The Hall–Kier alpha value is -1.35. The van der Waals surface area contributed by atoms with Gasteiger partial charge < -0.3 is 10.4 Å². The third-order valence-corrected chi connectivity index (χ3v) is 2.93. The summed E-state index contributed by atoms with van der Waals surface area (Å²) in [6.07, 6.45) is 2.36. The lowest BCUT2D eigenvalue weighted by atomic mass is 9.97. The van der Waals surface area contributed by atoms with Gasteiger partial charge in [-0.1, -0.05) is 29.8 Å². The third-order valence-electron chi connectivity index (χ3n) is 2.93. The summed E-state index contributed by atoms with van der Waals surface area (Å²) in [6, 6.07) is 8.29. The number of hydrogen-bond acceptors (Lipinski definition) is 2. The molecule has 0 bridgehead atoms. The number of benzene rings is 1. The minimum absolute atomic E-state index is 0.430. The van der Waals surface area contributed by atoms with Crippen LogP contribution in [0.3, 0.4) is 0 Å². The maximum Gasteiger partial charge on any atom is 0.312 e. The van der Waals surface area contributed by atoms with E-state index in [9.17, 15) is 9.90 Å². The van der Waals surface area contributed by atoms with Crippen molar-refractivity contribution in [2.75, 3.05) is 6.54 Å². The molecule has 1 atom stereocenters. The van der Waals surface area contributed by atoms with Gasteiger partial charge in [-0.3, -0.25) is 4.79 Å². The van der Waals surface area contributed by atoms with Crippen molar-refractivity contribution in [2.24, 2.45) is 0 Å². The molecule has 3 heteroatoms. The van der Waals surface area contributed by atoms with Crippen LogP contribution in [0.5, 0.6) is 0 Å². The molecule has 2 rings (SSSR count). The van der Waals surface area contributed by atoms with Gasteiger partial charge in [-0.25, -0.2) is 0 Å². The van der Waals surface area contributed by atoms with E-state index >= 15 is 0 Å². The molecule has 1 aliphatic rings. The molecule has 0 aliphatic heterocycles. The van der Waals surface area contributed by atoms with Crippen molar-refractivity contribution in [3.8, 4) is 0 Å². The van der Waals surface area contributed by atoms with E-state index < -0.39 is 11.9 Å². The van der Waals surface area contributed by atoms with Crippen molar-refractivity contribution in [2.45, 2.75) is 31.7 Å². The second-order valence-corrected chi connectivity index (χ2v) is 4.49. The predicted octanol–water partition coefficient (Wildman–Crippen LogP) is 1.92. The van der Waals surface area contributed by atoms with Gasteiger partial charge in [-0.05, 0) is 25.3 Å². The number of carboxylic acid groups (broad SMARTS) is 1. The van der Waals surface area contributed by atoms with E-state index in [4.69, 9.17) is 0 Å². The Labute approximate surface area is 95.5 Å². The lowest BCUT2D eigenvalue weighted by molar-refractivity contribution is -0.138. The van der Waals surface area contributed by atoms with Crippen LogP contribution < -0.4 is 5.32 Å². The van der Waals surface area contributed by atoms with Crippen LogP contribution >= 0.6 is 0 Å². The number of aliphatic carboxylic acids is 1. The van der Waals surface area contributed by atoms with E-state index in [2.05, 4.69) is 5.32 Å². The average molecular weight is 219 g/mol. The number of carbonyl (C=O) groups is 1. The van der Waals surface area contributed by atoms with E-state index in [-0.39, 0.29) is 0 Å². The number of nitrogens with one attached hydrogen (secondary N) is 1. The van der Waals surface area contributed by atoms with Crippen LogP contribution in [-0.2, 0) is 4.79 Å². The van der Waals surface area contributed by atoms with Crippen LogP contribution in [0.2, 0.25) is 0 Å². The molecule has 1 aromatic carbocycles. The molecule has 0 heterocycles. The van der Waals surface area contributed by atoms with Crippen LogP contribution in [0.15, 0.2) is 24.3 Å². The normalized spacial score (nSPS) is 17.1. The third kappa shape index (κ3) is 2.83. The van der Waals surface area contributed by atoms with Gasteiger partial charge in [0.05, 0.1) is 5.92 Å². The first-order valence-corrected chi connectivity index (χ1v) is 5.69. The monoisotopic (exact) mass is 219 g/mol. The van der Waals surface area contributed by atoms with Crippen molar-refractivity contribution in [1.29, 1.82) is 0 Å². The molecule has 1 aromatic rings. The Morgan fingerprint density at radius 3 is 2.88 bits per heavy atom. The summed E-state index contributed by atoms with van der Waals surface area (Å²) in [5.41, 5.74) is 2.00. The molecule has 3 nitrogen and oxygen atoms in total. The van der Waals surface area contributed by atoms with E-state index in [1.165, 1.54) is 12.8 Å². The van der Waals surface area contributed by atoms with Gasteiger partial charge in [0.2, 0.25) is 0 Å². The zero-order valence-corrected chi connectivity index (χ0v) is 9.44. The highest BCUT2D eigenvalue weighted by Crippen LogP contribution is 2.22. The molecule has 0 aromatic heterocycles. The fourth-order valence-electron chi connectivity index (χ4n) is 1.81. The molecule has 2 N–H and O–H groups in total.